The lowest BCUT2D eigenvalue weighted by atomic mass is 10.1. The fourth-order valence-corrected chi connectivity index (χ4v) is 2.68. The summed E-state index contributed by atoms with van der Waals surface area (Å²) >= 11 is 5.91. The molecule has 9 heteroatoms. The molecule has 4 N–H and O–H groups in total. The van der Waals surface area contributed by atoms with Crippen LogP contribution in [0.3, 0.4) is 0 Å². The molecule has 3 amide bonds. The monoisotopic (exact) mass is 399 g/mol. The molecule has 0 radical (unpaired) electrons. The van der Waals surface area contributed by atoms with Gasteiger partial charge in [0.2, 0.25) is 0 Å². The Balaban J connectivity index is 1.48. The predicted octanol–water partition coefficient (Wildman–Crippen LogP) is 2.42. The van der Waals surface area contributed by atoms with Crippen molar-refractivity contribution in [3.8, 4) is 11.4 Å². The summed E-state index contributed by atoms with van der Waals surface area (Å²) in [5, 5.41) is 17.2. The molecule has 3 rings (SSSR count). The number of hydrazine groups is 1. The molecular formula is C19H18ClN5O3. The highest BCUT2D eigenvalue weighted by Crippen LogP contribution is 2.17. The molecule has 2 aromatic carbocycles. The number of amides is 3. The lowest BCUT2D eigenvalue weighted by Crippen LogP contribution is -2.47. The van der Waals surface area contributed by atoms with E-state index in [1.807, 2.05) is 36.4 Å². The van der Waals surface area contributed by atoms with Crippen molar-refractivity contribution in [1.29, 1.82) is 0 Å². The van der Waals surface area contributed by atoms with E-state index in [1.165, 1.54) is 10.9 Å². The summed E-state index contributed by atoms with van der Waals surface area (Å²) in [6.45, 7) is 0.357. The van der Waals surface area contributed by atoms with Gasteiger partial charge in [0.05, 0.1) is 11.9 Å². The van der Waals surface area contributed by atoms with Gasteiger partial charge in [0, 0.05) is 11.6 Å². The van der Waals surface area contributed by atoms with Crippen LogP contribution in [0, 0.1) is 0 Å². The molecule has 0 saturated carbocycles. The van der Waals surface area contributed by atoms with E-state index in [0.29, 0.717) is 23.7 Å². The first-order valence-corrected chi connectivity index (χ1v) is 8.83. The van der Waals surface area contributed by atoms with Crippen molar-refractivity contribution in [2.24, 2.45) is 0 Å². The first-order chi connectivity index (χ1) is 13.5. The summed E-state index contributed by atoms with van der Waals surface area (Å²) in [6, 6.07) is 15.8. The van der Waals surface area contributed by atoms with E-state index >= 15 is 0 Å². The van der Waals surface area contributed by atoms with Crippen LogP contribution >= 0.6 is 11.6 Å². The summed E-state index contributed by atoms with van der Waals surface area (Å²) in [4.78, 5) is 23.9. The summed E-state index contributed by atoms with van der Waals surface area (Å²) in [7, 11) is 0. The number of hydrogen-bond donors (Lipinski definition) is 4. The molecule has 0 unspecified atom stereocenters. The first-order valence-electron chi connectivity index (χ1n) is 8.45. The topological polar surface area (TPSA) is 108 Å². The number of halogens is 1. The smallest absolute Gasteiger partial charge is 0.333 e. The van der Waals surface area contributed by atoms with Gasteiger partial charge < -0.3 is 10.4 Å². The third kappa shape index (κ3) is 5.01. The highest BCUT2D eigenvalue weighted by atomic mass is 35.5. The third-order valence-corrected chi connectivity index (χ3v) is 4.04. The summed E-state index contributed by atoms with van der Waals surface area (Å²) in [6.07, 6.45) is 1.90. The SMILES string of the molecule is O=C(NCCc1cccc(Cl)c1)NNC(=O)c1nn(-c2ccccc2)cc1O. The zero-order chi connectivity index (χ0) is 19.9. The molecule has 0 atom stereocenters. The minimum Gasteiger partial charge on any atom is -0.504 e. The number of nitrogens with one attached hydrogen (secondary N) is 3. The number of carbonyl (C=O) groups is 2. The quantitative estimate of drug-likeness (QED) is 0.494. The fourth-order valence-electron chi connectivity index (χ4n) is 2.47. The molecule has 28 heavy (non-hydrogen) atoms. The van der Waals surface area contributed by atoms with Crippen LogP contribution in [0.4, 0.5) is 4.79 Å². The first kappa shape index (κ1) is 19.2. The van der Waals surface area contributed by atoms with Crippen molar-refractivity contribution in [3.05, 3.63) is 77.1 Å². The molecule has 8 nitrogen and oxygen atoms in total. The number of aromatic hydroxyl groups is 1. The van der Waals surface area contributed by atoms with E-state index in [2.05, 4.69) is 21.3 Å². The summed E-state index contributed by atoms with van der Waals surface area (Å²) in [5.41, 5.74) is 5.88. The molecule has 0 aliphatic carbocycles. The largest absolute Gasteiger partial charge is 0.504 e. The minimum atomic E-state index is -0.739. The average molecular weight is 400 g/mol. The molecule has 0 bridgehead atoms. The fraction of sp³-hybridized carbons (Fsp3) is 0.105. The molecule has 3 aromatic rings. The molecule has 0 fully saturated rings. The number of urea groups is 1. The Hall–Kier alpha value is -3.52. The van der Waals surface area contributed by atoms with Crippen LogP contribution in [0.15, 0.2) is 60.8 Å². The number of rotatable bonds is 5. The maximum atomic E-state index is 12.1. The van der Waals surface area contributed by atoms with Gasteiger partial charge in [-0.15, -0.1) is 0 Å². The second kappa shape index (κ2) is 8.92. The Kier molecular flexibility index (Phi) is 6.13. The molecular weight excluding hydrogens is 382 g/mol. The van der Waals surface area contributed by atoms with Gasteiger partial charge in [-0.1, -0.05) is 41.9 Å². The molecule has 0 spiro atoms. The van der Waals surface area contributed by atoms with Crippen molar-refractivity contribution in [2.75, 3.05) is 6.54 Å². The van der Waals surface area contributed by atoms with Crippen molar-refractivity contribution in [3.63, 3.8) is 0 Å². The van der Waals surface area contributed by atoms with Gasteiger partial charge in [-0.2, -0.15) is 5.10 Å². The lowest BCUT2D eigenvalue weighted by molar-refractivity contribution is 0.0928. The molecule has 1 heterocycles. The number of para-hydroxylation sites is 1. The van der Waals surface area contributed by atoms with Crippen molar-refractivity contribution in [2.45, 2.75) is 6.42 Å². The van der Waals surface area contributed by atoms with Gasteiger partial charge in [0.25, 0.3) is 5.91 Å². The van der Waals surface area contributed by atoms with E-state index in [9.17, 15) is 14.7 Å². The maximum absolute atomic E-state index is 12.1. The molecule has 0 aliphatic rings. The van der Waals surface area contributed by atoms with Crippen LogP contribution in [0.1, 0.15) is 16.1 Å². The Labute approximate surface area is 166 Å². The normalized spacial score (nSPS) is 10.3. The maximum Gasteiger partial charge on any atom is 0.333 e. The summed E-state index contributed by atoms with van der Waals surface area (Å²) < 4.78 is 1.37. The average Bonchev–Trinajstić information content (AvgIpc) is 3.09. The van der Waals surface area contributed by atoms with E-state index < -0.39 is 11.9 Å². The van der Waals surface area contributed by atoms with Gasteiger partial charge >= 0.3 is 6.03 Å². The lowest BCUT2D eigenvalue weighted by Gasteiger charge is -2.08. The van der Waals surface area contributed by atoms with Crippen molar-refractivity contribution < 1.29 is 14.7 Å². The van der Waals surface area contributed by atoms with Crippen molar-refractivity contribution >= 4 is 23.5 Å². The van der Waals surface area contributed by atoms with E-state index in [0.717, 1.165) is 5.56 Å². The summed E-state index contributed by atoms with van der Waals surface area (Å²) in [5.74, 6) is -1.04. The van der Waals surface area contributed by atoms with Crippen LogP contribution in [-0.2, 0) is 6.42 Å². The number of benzene rings is 2. The van der Waals surface area contributed by atoms with Crippen LogP contribution < -0.4 is 16.2 Å². The van der Waals surface area contributed by atoms with E-state index in [-0.39, 0.29) is 11.4 Å². The zero-order valence-corrected chi connectivity index (χ0v) is 15.5. The zero-order valence-electron chi connectivity index (χ0n) is 14.7. The number of nitrogens with zero attached hydrogens (tertiary/aromatic N) is 2. The second-order valence-corrected chi connectivity index (χ2v) is 6.29. The van der Waals surface area contributed by atoms with Gasteiger partial charge in [-0.25, -0.2) is 14.9 Å². The van der Waals surface area contributed by atoms with Gasteiger partial charge in [-0.05, 0) is 36.2 Å². The second-order valence-electron chi connectivity index (χ2n) is 5.86. The van der Waals surface area contributed by atoms with Gasteiger partial charge in [-0.3, -0.25) is 10.2 Å². The Morgan fingerprint density at radius 2 is 1.86 bits per heavy atom. The van der Waals surface area contributed by atoms with E-state index in [1.54, 1.807) is 18.2 Å². The third-order valence-electron chi connectivity index (χ3n) is 3.81. The predicted molar refractivity (Wildman–Crippen MR) is 104 cm³/mol. The van der Waals surface area contributed by atoms with Crippen LogP contribution in [0.2, 0.25) is 5.02 Å². The highest BCUT2D eigenvalue weighted by Gasteiger charge is 2.17. The number of hydrogen-bond acceptors (Lipinski definition) is 4. The Morgan fingerprint density at radius 3 is 2.61 bits per heavy atom. The van der Waals surface area contributed by atoms with Gasteiger partial charge in [0.1, 0.15) is 0 Å². The molecule has 1 aromatic heterocycles. The molecule has 0 aliphatic heterocycles. The van der Waals surface area contributed by atoms with Crippen LogP contribution in [-0.4, -0.2) is 33.4 Å². The van der Waals surface area contributed by atoms with Crippen LogP contribution in [0.25, 0.3) is 5.69 Å². The van der Waals surface area contributed by atoms with E-state index in [4.69, 9.17) is 11.6 Å². The number of aromatic nitrogens is 2. The highest BCUT2D eigenvalue weighted by molar-refractivity contribution is 6.30. The van der Waals surface area contributed by atoms with Crippen molar-refractivity contribution in [1.82, 2.24) is 25.9 Å². The molecule has 144 valence electrons. The molecule has 0 saturated heterocycles. The van der Waals surface area contributed by atoms with Gasteiger partial charge in [0.15, 0.2) is 11.4 Å². The Bertz CT molecular complexity index is 975. The van der Waals surface area contributed by atoms with Crippen LogP contribution in [0.5, 0.6) is 5.75 Å². The standard InChI is InChI=1S/C19H18ClN5O3/c20-14-6-4-5-13(11-14)9-10-21-19(28)23-22-18(27)17-16(26)12-25(24-17)15-7-2-1-3-8-15/h1-8,11-12,26H,9-10H2,(H,22,27)(H2,21,23,28). The Morgan fingerprint density at radius 1 is 1.07 bits per heavy atom. The number of carbonyl (C=O) groups excluding carboxylic acids is 2. The minimum absolute atomic E-state index is 0.205.